The molecule has 5 heteroatoms. The third kappa shape index (κ3) is 7.19. The second-order valence-electron chi connectivity index (χ2n) is 4.74. The number of hydrogen-bond donors (Lipinski definition) is 1. The molecule has 0 radical (unpaired) electrons. The lowest BCUT2D eigenvalue weighted by Crippen LogP contribution is -1.98. The van der Waals surface area contributed by atoms with E-state index in [4.69, 9.17) is 16.3 Å². The number of thiol groups is 1. The van der Waals surface area contributed by atoms with Gasteiger partial charge in [0.25, 0.3) is 0 Å². The minimum atomic E-state index is -0.450. The van der Waals surface area contributed by atoms with Crippen molar-refractivity contribution in [2.45, 2.75) is 44.9 Å². The Balaban J connectivity index is 2.11. The summed E-state index contributed by atoms with van der Waals surface area (Å²) in [6, 6.07) is 2.84. The summed E-state index contributed by atoms with van der Waals surface area (Å²) < 4.78 is 19.6. The van der Waals surface area contributed by atoms with Crippen molar-refractivity contribution in [3.63, 3.8) is 0 Å². The smallest absolute Gasteiger partial charge is 0.145 e. The number of benzene rings is 1. The number of ether oxygens (including phenoxy) is 1. The van der Waals surface area contributed by atoms with E-state index in [9.17, 15) is 4.39 Å². The Kier molecular flexibility index (Phi) is 9.74. The maximum Gasteiger partial charge on any atom is 0.145 e. The Morgan fingerprint density at radius 3 is 2.30 bits per heavy atom. The van der Waals surface area contributed by atoms with E-state index in [1.807, 2.05) is 0 Å². The fraction of sp³-hybridized carbons (Fsp3) is 0.600. The first kappa shape index (κ1) is 18.1. The van der Waals surface area contributed by atoms with E-state index in [1.54, 1.807) is 0 Å². The van der Waals surface area contributed by atoms with Crippen LogP contribution in [0, 0.1) is 5.82 Å². The number of unbranched alkanes of at least 4 members (excludes halogenated alkanes) is 6. The molecule has 20 heavy (non-hydrogen) atoms. The van der Waals surface area contributed by atoms with Crippen molar-refractivity contribution in [3.8, 4) is 5.75 Å². The van der Waals surface area contributed by atoms with Crippen molar-refractivity contribution in [2.75, 3.05) is 12.4 Å². The van der Waals surface area contributed by atoms with Crippen molar-refractivity contribution in [1.82, 2.24) is 0 Å². The van der Waals surface area contributed by atoms with Crippen molar-refractivity contribution in [3.05, 3.63) is 27.4 Å². The molecule has 1 nitrogen and oxygen atoms in total. The third-order valence-corrected chi connectivity index (χ3v) is 4.26. The summed E-state index contributed by atoms with van der Waals surface area (Å²) >= 11 is 13.2. The molecule has 0 spiro atoms. The number of halogens is 3. The molecule has 1 aromatic rings. The summed E-state index contributed by atoms with van der Waals surface area (Å²) in [5.41, 5.74) is 0. The summed E-state index contributed by atoms with van der Waals surface area (Å²) in [5.74, 6) is 1.05. The van der Waals surface area contributed by atoms with Crippen LogP contribution in [0.3, 0.4) is 0 Å². The molecule has 0 aromatic heterocycles. The fourth-order valence-corrected chi connectivity index (χ4v) is 2.87. The fourth-order valence-electron chi connectivity index (χ4n) is 1.89. The zero-order valence-corrected chi connectivity index (χ0v) is 14.7. The van der Waals surface area contributed by atoms with Crippen LogP contribution in [0.25, 0.3) is 0 Å². The van der Waals surface area contributed by atoms with Gasteiger partial charge in [0.15, 0.2) is 0 Å². The molecule has 0 bridgehead atoms. The Morgan fingerprint density at radius 1 is 1.05 bits per heavy atom. The average Bonchev–Trinajstić information content (AvgIpc) is 2.42. The van der Waals surface area contributed by atoms with Gasteiger partial charge in [-0.3, -0.25) is 0 Å². The molecule has 0 unspecified atom stereocenters. The highest BCUT2D eigenvalue weighted by Crippen LogP contribution is 2.30. The molecule has 0 saturated carbocycles. The van der Waals surface area contributed by atoms with Crippen molar-refractivity contribution >= 4 is 40.2 Å². The monoisotopic (exact) mass is 382 g/mol. The normalized spacial score (nSPS) is 10.8. The van der Waals surface area contributed by atoms with E-state index in [0.29, 0.717) is 16.8 Å². The minimum Gasteiger partial charge on any atom is -0.492 e. The van der Waals surface area contributed by atoms with Crippen LogP contribution in [0.2, 0.25) is 5.02 Å². The Morgan fingerprint density at radius 2 is 1.65 bits per heavy atom. The van der Waals surface area contributed by atoms with Crippen LogP contribution in [0.5, 0.6) is 5.75 Å². The summed E-state index contributed by atoms with van der Waals surface area (Å²) in [5, 5.41) is 0.102. The van der Waals surface area contributed by atoms with Crippen LogP contribution < -0.4 is 4.74 Å². The molecular formula is C15H21BrClFOS. The maximum absolute atomic E-state index is 13.3. The van der Waals surface area contributed by atoms with Gasteiger partial charge in [-0.1, -0.05) is 43.7 Å². The van der Waals surface area contributed by atoms with E-state index in [0.717, 1.165) is 18.6 Å². The summed E-state index contributed by atoms with van der Waals surface area (Å²) in [7, 11) is 0. The molecule has 0 heterocycles. The SMILES string of the molecule is Fc1cc(OCCCCCCCCCS)c(Br)cc1Cl. The molecule has 0 fully saturated rings. The van der Waals surface area contributed by atoms with Crippen LogP contribution in [-0.4, -0.2) is 12.4 Å². The first-order chi connectivity index (χ1) is 9.65. The highest BCUT2D eigenvalue weighted by molar-refractivity contribution is 9.10. The Bertz CT molecular complexity index is 404. The lowest BCUT2D eigenvalue weighted by Gasteiger charge is -2.09. The van der Waals surface area contributed by atoms with Gasteiger partial charge in [-0.05, 0) is 40.6 Å². The van der Waals surface area contributed by atoms with Crippen LogP contribution in [0.4, 0.5) is 4.39 Å². The zero-order valence-electron chi connectivity index (χ0n) is 11.5. The Hall–Kier alpha value is 0.0700. The Labute approximate surface area is 139 Å². The average molecular weight is 384 g/mol. The molecular weight excluding hydrogens is 363 g/mol. The standard InChI is InChI=1S/C15H21BrClFOS/c16-12-10-13(17)14(18)11-15(12)19-8-6-4-2-1-3-5-7-9-20/h10-11,20H,1-9H2. The second kappa shape index (κ2) is 10.7. The predicted octanol–water partition coefficient (Wildman–Crippen LogP) is 6.28. The summed E-state index contributed by atoms with van der Waals surface area (Å²) in [6.45, 7) is 0.607. The second-order valence-corrected chi connectivity index (χ2v) is 6.45. The molecule has 0 amide bonds. The van der Waals surface area contributed by atoms with E-state index < -0.39 is 5.82 Å². The van der Waals surface area contributed by atoms with Gasteiger partial charge >= 0.3 is 0 Å². The van der Waals surface area contributed by atoms with Gasteiger partial charge in [0.2, 0.25) is 0 Å². The first-order valence-electron chi connectivity index (χ1n) is 7.03. The van der Waals surface area contributed by atoms with Gasteiger partial charge < -0.3 is 4.74 Å². The number of rotatable bonds is 10. The van der Waals surface area contributed by atoms with Crippen LogP contribution >= 0.6 is 40.2 Å². The van der Waals surface area contributed by atoms with Crippen LogP contribution in [0.15, 0.2) is 16.6 Å². The quantitative estimate of drug-likeness (QED) is 0.284. The van der Waals surface area contributed by atoms with Crippen molar-refractivity contribution in [1.29, 1.82) is 0 Å². The molecule has 0 aliphatic heterocycles. The third-order valence-electron chi connectivity index (χ3n) is 3.03. The highest BCUT2D eigenvalue weighted by atomic mass is 79.9. The number of hydrogen-bond acceptors (Lipinski definition) is 2. The van der Waals surface area contributed by atoms with E-state index in [-0.39, 0.29) is 5.02 Å². The van der Waals surface area contributed by atoms with Gasteiger partial charge in [-0.25, -0.2) is 4.39 Å². The highest BCUT2D eigenvalue weighted by Gasteiger charge is 2.07. The van der Waals surface area contributed by atoms with Gasteiger partial charge in [0.05, 0.1) is 16.1 Å². The van der Waals surface area contributed by atoms with Gasteiger partial charge in [-0.2, -0.15) is 12.6 Å². The van der Waals surface area contributed by atoms with Crippen molar-refractivity contribution < 1.29 is 9.13 Å². The van der Waals surface area contributed by atoms with E-state index >= 15 is 0 Å². The van der Waals surface area contributed by atoms with Crippen LogP contribution in [-0.2, 0) is 0 Å². The minimum absolute atomic E-state index is 0.102. The largest absolute Gasteiger partial charge is 0.492 e. The molecule has 0 saturated heterocycles. The van der Waals surface area contributed by atoms with E-state index in [2.05, 4.69) is 28.6 Å². The first-order valence-corrected chi connectivity index (χ1v) is 8.83. The zero-order chi connectivity index (χ0) is 14.8. The molecule has 1 rings (SSSR count). The van der Waals surface area contributed by atoms with Gasteiger partial charge in [0.1, 0.15) is 11.6 Å². The lowest BCUT2D eigenvalue weighted by atomic mass is 10.1. The van der Waals surface area contributed by atoms with Gasteiger partial charge in [0, 0.05) is 6.07 Å². The molecule has 0 aliphatic carbocycles. The molecule has 0 atom stereocenters. The molecule has 0 N–H and O–H groups in total. The summed E-state index contributed by atoms with van der Waals surface area (Å²) in [6.07, 6.45) is 8.41. The summed E-state index contributed by atoms with van der Waals surface area (Å²) in [4.78, 5) is 0. The molecule has 0 aliphatic rings. The maximum atomic E-state index is 13.3. The van der Waals surface area contributed by atoms with Gasteiger partial charge in [-0.15, -0.1) is 0 Å². The van der Waals surface area contributed by atoms with Crippen molar-refractivity contribution in [2.24, 2.45) is 0 Å². The molecule has 114 valence electrons. The van der Waals surface area contributed by atoms with E-state index in [1.165, 1.54) is 44.2 Å². The predicted molar refractivity (Wildman–Crippen MR) is 90.8 cm³/mol. The lowest BCUT2D eigenvalue weighted by molar-refractivity contribution is 0.301. The topological polar surface area (TPSA) is 9.23 Å². The van der Waals surface area contributed by atoms with Crippen LogP contribution in [0.1, 0.15) is 44.9 Å². The molecule has 1 aromatic carbocycles.